The lowest BCUT2D eigenvalue weighted by molar-refractivity contribution is -0.0970. The van der Waals surface area contributed by atoms with Crippen molar-refractivity contribution in [2.24, 2.45) is 4.99 Å². The molecule has 0 radical (unpaired) electrons. The van der Waals surface area contributed by atoms with Crippen LogP contribution in [0.25, 0.3) is 11.2 Å². The fourth-order valence-corrected chi connectivity index (χ4v) is 6.97. The maximum Gasteiger partial charge on any atom is 0.185 e. The molecule has 2 aliphatic rings. The number of aliphatic imine (C=N–C) groups is 1. The number of aromatic nitrogens is 4. The van der Waals surface area contributed by atoms with E-state index in [9.17, 15) is 5.11 Å². The highest BCUT2D eigenvalue weighted by Crippen LogP contribution is 2.43. The van der Waals surface area contributed by atoms with Crippen LogP contribution in [0.5, 0.6) is 11.5 Å². The average molecular weight is 709 g/mol. The highest BCUT2D eigenvalue weighted by molar-refractivity contribution is 5.90. The number of rotatable bonds is 14. The fourth-order valence-electron chi connectivity index (χ4n) is 6.97. The van der Waals surface area contributed by atoms with Crippen molar-refractivity contribution in [3.05, 3.63) is 108 Å². The smallest absolute Gasteiger partial charge is 0.185 e. The molecule has 13 heteroatoms. The van der Waals surface area contributed by atoms with E-state index >= 15 is 0 Å². The zero-order chi connectivity index (χ0) is 36.1. The minimum atomic E-state index is -1.11. The molecule has 2 aromatic heterocycles. The molecule has 5 aromatic rings. The first-order chi connectivity index (χ1) is 25.5. The number of hydrogen-bond acceptors (Lipinski definition) is 11. The molecule has 3 aromatic carbocycles. The van der Waals surface area contributed by atoms with Crippen molar-refractivity contribution < 1.29 is 33.5 Å². The van der Waals surface area contributed by atoms with Crippen molar-refractivity contribution in [3.63, 3.8) is 0 Å². The third-order valence-corrected chi connectivity index (χ3v) is 9.73. The van der Waals surface area contributed by atoms with Crippen LogP contribution in [0.4, 0.5) is 5.82 Å². The second-order valence-corrected chi connectivity index (χ2v) is 12.8. The van der Waals surface area contributed by atoms with Crippen LogP contribution in [0.2, 0.25) is 0 Å². The number of methoxy groups -OCH3 is 3. The van der Waals surface area contributed by atoms with Gasteiger partial charge in [-0.2, -0.15) is 0 Å². The Morgan fingerprint density at radius 1 is 0.865 bits per heavy atom. The van der Waals surface area contributed by atoms with Crippen molar-refractivity contribution in [1.29, 1.82) is 0 Å². The Kier molecular flexibility index (Phi) is 10.8. The number of aliphatic hydroxyl groups is 1. The van der Waals surface area contributed by atoms with Gasteiger partial charge in [0, 0.05) is 27.1 Å². The molecule has 4 heterocycles. The topological polar surface area (TPSA) is 135 Å². The number of benzene rings is 3. The lowest BCUT2D eigenvalue weighted by atomic mass is 9.80. The molecule has 7 rings (SSSR count). The van der Waals surface area contributed by atoms with E-state index in [1.54, 1.807) is 32.2 Å². The van der Waals surface area contributed by atoms with Crippen LogP contribution in [0.3, 0.4) is 0 Å². The molecule has 0 amide bonds. The molecule has 2 fully saturated rings. The van der Waals surface area contributed by atoms with E-state index in [4.69, 9.17) is 33.4 Å². The molecular weight excluding hydrogens is 664 g/mol. The Morgan fingerprint density at radius 2 is 1.54 bits per heavy atom. The standard InChI is InChI=1S/C39H44N6O7/c1-44-20-8-11-32(44)43-36-33-37(41-24-40-36)45(25-42-33)38-35(50-22-21-47-2)34(46)31(52-38)23-51-39(26-9-6-5-7-10-26,27-12-16-29(48-3)17-13-27)28-14-18-30(49-4)19-15-28/h5-7,9-10,12-19,24-25,31,34-35,38,46H,8,11,20-23H2,1-4H3/b43-32+/t31-,34-,35-,38-/m1/s1. The van der Waals surface area contributed by atoms with Crippen molar-refractivity contribution in [3.8, 4) is 11.5 Å². The van der Waals surface area contributed by atoms with Crippen LogP contribution >= 0.6 is 0 Å². The molecule has 4 atom stereocenters. The highest BCUT2D eigenvalue weighted by Gasteiger charge is 2.48. The normalized spacial score (nSPS) is 21.3. The molecule has 0 spiro atoms. The fraction of sp³-hybridized carbons (Fsp3) is 0.385. The molecule has 1 N–H and O–H groups in total. The Labute approximate surface area is 302 Å². The number of likely N-dealkylation sites (tertiary alicyclic amines) is 1. The first kappa shape index (κ1) is 35.5. The molecule has 0 unspecified atom stereocenters. The molecule has 2 aliphatic heterocycles. The van der Waals surface area contributed by atoms with Gasteiger partial charge < -0.3 is 38.4 Å². The van der Waals surface area contributed by atoms with Gasteiger partial charge in [0.2, 0.25) is 0 Å². The zero-order valence-corrected chi connectivity index (χ0v) is 29.8. The number of imidazole rings is 1. The van der Waals surface area contributed by atoms with Gasteiger partial charge in [-0.1, -0.05) is 54.6 Å². The highest BCUT2D eigenvalue weighted by atomic mass is 16.6. The second kappa shape index (κ2) is 15.8. The Bertz CT molecular complexity index is 1910. The van der Waals surface area contributed by atoms with Crippen LogP contribution in [0.15, 0.2) is 96.5 Å². The van der Waals surface area contributed by atoms with E-state index in [-0.39, 0.29) is 13.2 Å². The van der Waals surface area contributed by atoms with E-state index in [1.165, 1.54) is 6.33 Å². The van der Waals surface area contributed by atoms with Crippen molar-refractivity contribution in [2.45, 2.75) is 43.0 Å². The van der Waals surface area contributed by atoms with Gasteiger partial charge in [0.15, 0.2) is 23.2 Å². The summed E-state index contributed by atoms with van der Waals surface area (Å²) in [6.45, 7) is 1.53. The summed E-state index contributed by atoms with van der Waals surface area (Å²) in [5.41, 5.74) is 2.56. The molecular formula is C39H44N6O7. The number of ether oxygens (including phenoxy) is 6. The van der Waals surface area contributed by atoms with Crippen LogP contribution in [0.1, 0.15) is 35.8 Å². The third-order valence-electron chi connectivity index (χ3n) is 9.73. The Hall–Kier alpha value is -4.92. The van der Waals surface area contributed by atoms with Crippen molar-refractivity contribution >= 4 is 22.8 Å². The van der Waals surface area contributed by atoms with Gasteiger partial charge >= 0.3 is 0 Å². The van der Waals surface area contributed by atoms with Gasteiger partial charge in [-0.05, 0) is 47.4 Å². The summed E-state index contributed by atoms with van der Waals surface area (Å²) >= 11 is 0. The number of aliphatic hydroxyl groups excluding tert-OH is 1. The number of amidine groups is 1. The first-order valence-corrected chi connectivity index (χ1v) is 17.4. The Morgan fingerprint density at radius 3 is 2.15 bits per heavy atom. The third kappa shape index (κ3) is 6.85. The SMILES string of the molecule is COCCO[C@@H]1[C@H](O)[C@@H](COC(c2ccccc2)(c2ccc(OC)cc2)c2ccc(OC)cc2)O[C@H]1n1cnc2c(/N=C3\CCCN3C)ncnc21. The van der Waals surface area contributed by atoms with Crippen LogP contribution < -0.4 is 9.47 Å². The van der Waals surface area contributed by atoms with Gasteiger partial charge in [-0.25, -0.2) is 19.9 Å². The molecule has 2 saturated heterocycles. The summed E-state index contributed by atoms with van der Waals surface area (Å²) in [4.78, 5) is 20.6. The summed E-state index contributed by atoms with van der Waals surface area (Å²) in [5.74, 6) is 2.87. The predicted octanol–water partition coefficient (Wildman–Crippen LogP) is 4.90. The number of nitrogens with zero attached hydrogens (tertiary/aromatic N) is 6. The molecule has 0 aliphatic carbocycles. The van der Waals surface area contributed by atoms with E-state index < -0.39 is 30.1 Å². The summed E-state index contributed by atoms with van der Waals surface area (Å²) in [7, 11) is 6.90. The molecule has 0 bridgehead atoms. The van der Waals surface area contributed by atoms with E-state index in [1.807, 2.05) is 85.9 Å². The first-order valence-electron chi connectivity index (χ1n) is 17.4. The molecule has 13 nitrogen and oxygen atoms in total. The number of fused-ring (bicyclic) bond motifs is 1. The quantitative estimate of drug-likeness (QED) is 0.125. The maximum atomic E-state index is 11.9. The summed E-state index contributed by atoms with van der Waals surface area (Å²) in [6, 6.07) is 25.6. The van der Waals surface area contributed by atoms with Gasteiger partial charge in [-0.15, -0.1) is 0 Å². The van der Waals surface area contributed by atoms with E-state index in [0.29, 0.717) is 23.6 Å². The van der Waals surface area contributed by atoms with Crippen molar-refractivity contribution in [1.82, 2.24) is 24.4 Å². The van der Waals surface area contributed by atoms with Gasteiger partial charge in [0.1, 0.15) is 47.6 Å². The lowest BCUT2D eigenvalue weighted by Crippen LogP contribution is -2.40. The van der Waals surface area contributed by atoms with E-state index in [0.717, 1.165) is 53.4 Å². The van der Waals surface area contributed by atoms with Gasteiger partial charge in [-0.3, -0.25) is 4.57 Å². The average Bonchev–Trinajstić information content (AvgIpc) is 3.89. The van der Waals surface area contributed by atoms with Crippen LogP contribution in [-0.4, -0.2) is 108 Å². The molecule has 52 heavy (non-hydrogen) atoms. The largest absolute Gasteiger partial charge is 0.497 e. The zero-order valence-electron chi connectivity index (χ0n) is 29.8. The summed E-state index contributed by atoms with van der Waals surface area (Å²) in [6.07, 6.45) is 1.56. The lowest BCUT2D eigenvalue weighted by Gasteiger charge is -2.37. The Balaban J connectivity index is 1.25. The monoisotopic (exact) mass is 708 g/mol. The van der Waals surface area contributed by atoms with Crippen LogP contribution in [-0.2, 0) is 24.5 Å². The number of hydrogen-bond donors (Lipinski definition) is 1. The second-order valence-electron chi connectivity index (χ2n) is 12.8. The minimum Gasteiger partial charge on any atom is -0.497 e. The maximum absolute atomic E-state index is 11.9. The summed E-state index contributed by atoms with van der Waals surface area (Å²) in [5, 5.41) is 11.9. The predicted molar refractivity (Wildman–Crippen MR) is 194 cm³/mol. The summed E-state index contributed by atoms with van der Waals surface area (Å²) < 4.78 is 38.1. The van der Waals surface area contributed by atoms with Crippen LogP contribution in [0, 0.1) is 0 Å². The van der Waals surface area contributed by atoms with Gasteiger partial charge in [0.05, 0.1) is 40.4 Å². The molecule has 272 valence electrons. The van der Waals surface area contributed by atoms with E-state index in [2.05, 4.69) is 19.9 Å². The molecule has 0 saturated carbocycles. The minimum absolute atomic E-state index is 0.00160. The van der Waals surface area contributed by atoms with Crippen molar-refractivity contribution in [2.75, 3.05) is 54.7 Å². The van der Waals surface area contributed by atoms with Gasteiger partial charge in [0.25, 0.3) is 0 Å².